The number of nitrogens with one attached hydrogen (secondary N) is 1. The van der Waals surface area contributed by atoms with Crippen LogP contribution in [0.25, 0.3) is 0 Å². The lowest BCUT2D eigenvalue weighted by Crippen LogP contribution is -2.38. The SMILES string of the molecule is CC(C)CN(CC(=O)Nc1ccccc1)CC(C)C. The maximum absolute atomic E-state index is 12.0. The molecule has 0 atom stereocenters. The molecule has 0 saturated carbocycles. The molecule has 0 radical (unpaired) electrons. The number of hydrogen-bond donors (Lipinski definition) is 1. The first-order valence-electron chi connectivity index (χ1n) is 7.04. The summed E-state index contributed by atoms with van der Waals surface area (Å²) in [5.74, 6) is 1.21. The van der Waals surface area contributed by atoms with E-state index in [0.717, 1.165) is 18.8 Å². The Labute approximate surface area is 117 Å². The van der Waals surface area contributed by atoms with Gasteiger partial charge < -0.3 is 5.32 Å². The van der Waals surface area contributed by atoms with Gasteiger partial charge in [-0.2, -0.15) is 0 Å². The molecule has 19 heavy (non-hydrogen) atoms. The zero-order valence-corrected chi connectivity index (χ0v) is 12.5. The normalized spacial score (nSPS) is 11.3. The molecule has 0 aliphatic heterocycles. The van der Waals surface area contributed by atoms with Gasteiger partial charge in [0.15, 0.2) is 0 Å². The molecule has 0 heterocycles. The molecule has 0 spiro atoms. The molecule has 1 aromatic rings. The Morgan fingerprint density at radius 3 is 2.05 bits per heavy atom. The molecule has 1 rings (SSSR count). The molecule has 0 aromatic heterocycles. The molecule has 0 aliphatic carbocycles. The van der Waals surface area contributed by atoms with Crippen LogP contribution in [0.1, 0.15) is 27.7 Å². The Morgan fingerprint density at radius 2 is 1.58 bits per heavy atom. The summed E-state index contributed by atoms with van der Waals surface area (Å²) in [6.07, 6.45) is 0. The lowest BCUT2D eigenvalue weighted by Gasteiger charge is -2.25. The van der Waals surface area contributed by atoms with E-state index in [4.69, 9.17) is 0 Å². The van der Waals surface area contributed by atoms with Crippen LogP contribution in [0.4, 0.5) is 5.69 Å². The van der Waals surface area contributed by atoms with Gasteiger partial charge in [0, 0.05) is 18.8 Å². The predicted molar refractivity (Wildman–Crippen MR) is 81.2 cm³/mol. The number of amides is 1. The predicted octanol–water partition coefficient (Wildman–Crippen LogP) is 3.24. The molecule has 3 heteroatoms. The summed E-state index contributed by atoms with van der Waals surface area (Å²) in [7, 11) is 0. The van der Waals surface area contributed by atoms with Crippen molar-refractivity contribution < 1.29 is 4.79 Å². The maximum atomic E-state index is 12.0. The summed E-state index contributed by atoms with van der Waals surface area (Å²) in [5, 5.41) is 2.94. The first-order chi connectivity index (χ1) is 8.97. The van der Waals surface area contributed by atoms with Crippen molar-refractivity contribution in [3.05, 3.63) is 30.3 Å². The maximum Gasteiger partial charge on any atom is 0.238 e. The molecule has 106 valence electrons. The largest absolute Gasteiger partial charge is 0.325 e. The third-order valence-corrected chi connectivity index (χ3v) is 2.67. The monoisotopic (exact) mass is 262 g/mol. The van der Waals surface area contributed by atoms with E-state index in [0.29, 0.717) is 18.4 Å². The number of carbonyl (C=O) groups is 1. The van der Waals surface area contributed by atoms with E-state index in [-0.39, 0.29) is 5.91 Å². The molecule has 0 saturated heterocycles. The van der Waals surface area contributed by atoms with Crippen LogP contribution in [-0.4, -0.2) is 30.4 Å². The second kappa shape index (κ2) is 7.95. The summed E-state index contributed by atoms with van der Waals surface area (Å²) < 4.78 is 0. The Balaban J connectivity index is 2.50. The van der Waals surface area contributed by atoms with Crippen molar-refractivity contribution >= 4 is 11.6 Å². The fourth-order valence-corrected chi connectivity index (χ4v) is 2.16. The van der Waals surface area contributed by atoms with E-state index in [9.17, 15) is 4.79 Å². The highest BCUT2D eigenvalue weighted by molar-refractivity contribution is 5.92. The third kappa shape index (κ3) is 6.97. The second-order valence-electron chi connectivity index (χ2n) is 5.90. The summed E-state index contributed by atoms with van der Waals surface area (Å²) in [6.45, 7) is 11.1. The van der Waals surface area contributed by atoms with Crippen molar-refractivity contribution in [3.63, 3.8) is 0 Å². The number of carbonyl (C=O) groups excluding carboxylic acids is 1. The Hall–Kier alpha value is -1.35. The Morgan fingerprint density at radius 1 is 1.05 bits per heavy atom. The van der Waals surface area contributed by atoms with Gasteiger partial charge in [0.25, 0.3) is 0 Å². The van der Waals surface area contributed by atoms with Crippen molar-refractivity contribution in [1.82, 2.24) is 4.90 Å². The minimum Gasteiger partial charge on any atom is -0.325 e. The van der Waals surface area contributed by atoms with Crippen LogP contribution in [0.5, 0.6) is 0 Å². The molecule has 0 unspecified atom stereocenters. The summed E-state index contributed by atoms with van der Waals surface area (Å²) >= 11 is 0. The molecule has 0 bridgehead atoms. The van der Waals surface area contributed by atoms with Gasteiger partial charge in [-0.1, -0.05) is 45.9 Å². The highest BCUT2D eigenvalue weighted by Crippen LogP contribution is 2.07. The molecule has 3 nitrogen and oxygen atoms in total. The van der Waals surface area contributed by atoms with E-state index in [2.05, 4.69) is 37.9 Å². The van der Waals surface area contributed by atoms with Crippen molar-refractivity contribution in [2.45, 2.75) is 27.7 Å². The molecular formula is C16H26N2O. The van der Waals surface area contributed by atoms with Crippen molar-refractivity contribution in [2.24, 2.45) is 11.8 Å². The zero-order valence-electron chi connectivity index (χ0n) is 12.5. The van der Waals surface area contributed by atoms with Crippen LogP contribution < -0.4 is 5.32 Å². The number of hydrogen-bond acceptors (Lipinski definition) is 2. The number of nitrogens with zero attached hydrogens (tertiary/aromatic N) is 1. The van der Waals surface area contributed by atoms with Gasteiger partial charge in [0.2, 0.25) is 5.91 Å². The first kappa shape index (κ1) is 15.7. The van der Waals surface area contributed by atoms with E-state index >= 15 is 0 Å². The molecule has 1 amide bonds. The van der Waals surface area contributed by atoms with E-state index in [1.54, 1.807) is 0 Å². The number of para-hydroxylation sites is 1. The van der Waals surface area contributed by atoms with Gasteiger partial charge in [-0.3, -0.25) is 9.69 Å². The van der Waals surface area contributed by atoms with Crippen LogP contribution >= 0.6 is 0 Å². The summed E-state index contributed by atoms with van der Waals surface area (Å²) in [5.41, 5.74) is 0.863. The van der Waals surface area contributed by atoms with E-state index < -0.39 is 0 Å². The highest BCUT2D eigenvalue weighted by Gasteiger charge is 2.13. The van der Waals surface area contributed by atoms with Gasteiger partial charge in [0.1, 0.15) is 0 Å². The van der Waals surface area contributed by atoms with Gasteiger partial charge in [-0.15, -0.1) is 0 Å². The lowest BCUT2D eigenvalue weighted by molar-refractivity contribution is -0.117. The van der Waals surface area contributed by atoms with Gasteiger partial charge in [0.05, 0.1) is 6.54 Å². The number of benzene rings is 1. The summed E-state index contributed by atoms with van der Waals surface area (Å²) in [6, 6.07) is 9.62. The van der Waals surface area contributed by atoms with Crippen LogP contribution in [0, 0.1) is 11.8 Å². The van der Waals surface area contributed by atoms with Crippen LogP contribution in [0.3, 0.4) is 0 Å². The van der Waals surface area contributed by atoms with Gasteiger partial charge >= 0.3 is 0 Å². The fraction of sp³-hybridized carbons (Fsp3) is 0.562. The number of rotatable bonds is 7. The Kier molecular flexibility index (Phi) is 6.57. The van der Waals surface area contributed by atoms with Crippen molar-refractivity contribution in [2.75, 3.05) is 25.0 Å². The minimum absolute atomic E-state index is 0.0625. The third-order valence-electron chi connectivity index (χ3n) is 2.67. The zero-order chi connectivity index (χ0) is 14.3. The van der Waals surface area contributed by atoms with Crippen molar-refractivity contribution in [3.8, 4) is 0 Å². The standard InChI is InChI=1S/C16H26N2O/c1-13(2)10-18(11-14(3)4)12-16(19)17-15-8-6-5-7-9-15/h5-9,13-14H,10-12H2,1-4H3,(H,17,19). The quantitative estimate of drug-likeness (QED) is 0.818. The average molecular weight is 262 g/mol. The van der Waals surface area contributed by atoms with Gasteiger partial charge in [-0.05, 0) is 24.0 Å². The molecule has 0 aliphatic rings. The van der Waals surface area contributed by atoms with Crippen LogP contribution in [0.2, 0.25) is 0 Å². The molecular weight excluding hydrogens is 236 g/mol. The second-order valence-corrected chi connectivity index (χ2v) is 5.90. The average Bonchev–Trinajstić information content (AvgIpc) is 2.27. The van der Waals surface area contributed by atoms with Crippen LogP contribution in [-0.2, 0) is 4.79 Å². The molecule has 0 fully saturated rings. The topological polar surface area (TPSA) is 32.3 Å². The van der Waals surface area contributed by atoms with Crippen LogP contribution in [0.15, 0.2) is 30.3 Å². The highest BCUT2D eigenvalue weighted by atomic mass is 16.2. The van der Waals surface area contributed by atoms with E-state index in [1.165, 1.54) is 0 Å². The summed E-state index contributed by atoms with van der Waals surface area (Å²) in [4.78, 5) is 14.3. The number of anilines is 1. The molecule has 1 N–H and O–H groups in total. The smallest absolute Gasteiger partial charge is 0.238 e. The Bertz CT molecular complexity index is 364. The minimum atomic E-state index is 0.0625. The first-order valence-corrected chi connectivity index (χ1v) is 7.04. The van der Waals surface area contributed by atoms with Crippen molar-refractivity contribution in [1.29, 1.82) is 0 Å². The van der Waals surface area contributed by atoms with Gasteiger partial charge in [-0.25, -0.2) is 0 Å². The molecule has 1 aromatic carbocycles. The van der Waals surface area contributed by atoms with E-state index in [1.807, 2.05) is 30.3 Å². The lowest BCUT2D eigenvalue weighted by atomic mass is 10.1. The fourth-order valence-electron chi connectivity index (χ4n) is 2.16.